The molecule has 376 valence electrons. The van der Waals surface area contributed by atoms with Crippen LogP contribution in [0.25, 0.3) is 44.2 Å². The van der Waals surface area contributed by atoms with Crippen molar-refractivity contribution in [3.63, 3.8) is 0 Å². The average Bonchev–Trinajstić information content (AvgIpc) is 3.83. The SMILES string of the molecule is CC(C)(C)C1=CC=C(c2cc(C(C)(C)C)cc3cc(C(C)(C)C)ccc23)C2=C(C1)C(c1ccccc1)(c1ccccc1)c1cc(N(c3ccc4c(c3)C(C)(C)c3ccccc3-4)c3ccccc3-c3ccccc3)ccc12. The summed E-state index contributed by atoms with van der Waals surface area (Å²) in [6.45, 7) is 26.0. The third-order valence-corrected chi connectivity index (χ3v) is 17.2. The van der Waals surface area contributed by atoms with Crippen molar-refractivity contribution in [2.45, 2.75) is 104 Å². The molecule has 0 aliphatic heterocycles. The van der Waals surface area contributed by atoms with Crippen LogP contribution < -0.4 is 4.90 Å². The zero-order valence-corrected chi connectivity index (χ0v) is 46.4. The largest absolute Gasteiger partial charge is 0.310 e. The number of benzene rings is 9. The van der Waals surface area contributed by atoms with Crippen LogP contribution in [0, 0.1) is 5.41 Å². The van der Waals surface area contributed by atoms with E-state index in [2.05, 4.69) is 299 Å². The van der Waals surface area contributed by atoms with E-state index in [0.717, 1.165) is 23.5 Å². The lowest BCUT2D eigenvalue weighted by atomic mass is 9.64. The predicted molar refractivity (Wildman–Crippen MR) is 325 cm³/mol. The maximum atomic E-state index is 2.58. The average molecular weight is 986 g/mol. The first kappa shape index (κ1) is 49.2. The molecule has 1 nitrogen and oxygen atoms in total. The second-order valence-electron chi connectivity index (χ2n) is 25.3. The Morgan fingerprint density at radius 1 is 0.408 bits per heavy atom. The van der Waals surface area contributed by atoms with E-state index in [1.54, 1.807) is 0 Å². The second kappa shape index (κ2) is 18.0. The van der Waals surface area contributed by atoms with Gasteiger partial charge in [-0.3, -0.25) is 0 Å². The molecule has 0 N–H and O–H groups in total. The van der Waals surface area contributed by atoms with E-state index in [-0.39, 0.29) is 21.7 Å². The zero-order valence-electron chi connectivity index (χ0n) is 46.4. The lowest BCUT2D eigenvalue weighted by molar-refractivity contribution is 0.486. The Balaban J connectivity index is 1.19. The van der Waals surface area contributed by atoms with Gasteiger partial charge < -0.3 is 4.90 Å². The number of anilines is 3. The maximum absolute atomic E-state index is 2.58. The third-order valence-electron chi connectivity index (χ3n) is 17.2. The molecule has 0 aromatic heterocycles. The van der Waals surface area contributed by atoms with E-state index in [4.69, 9.17) is 0 Å². The van der Waals surface area contributed by atoms with Crippen LogP contribution in [-0.2, 0) is 21.7 Å². The molecule has 0 atom stereocenters. The van der Waals surface area contributed by atoms with Crippen molar-refractivity contribution in [3.8, 4) is 22.3 Å². The maximum Gasteiger partial charge on any atom is 0.0680 e. The number of fused-ring (bicyclic) bond motifs is 6. The normalized spacial score (nSPS) is 15.6. The van der Waals surface area contributed by atoms with Gasteiger partial charge in [0.1, 0.15) is 0 Å². The van der Waals surface area contributed by atoms with Crippen molar-refractivity contribution >= 4 is 39.0 Å². The van der Waals surface area contributed by atoms with Crippen molar-refractivity contribution < 1.29 is 0 Å². The van der Waals surface area contributed by atoms with Crippen LogP contribution in [0.3, 0.4) is 0 Å². The topological polar surface area (TPSA) is 3.24 Å². The Hall–Kier alpha value is -7.74. The van der Waals surface area contributed by atoms with Gasteiger partial charge in [-0.2, -0.15) is 0 Å². The number of para-hydroxylation sites is 1. The number of nitrogens with zero attached hydrogens (tertiary/aromatic N) is 1. The summed E-state index contributed by atoms with van der Waals surface area (Å²) < 4.78 is 0. The summed E-state index contributed by atoms with van der Waals surface area (Å²) in [7, 11) is 0. The van der Waals surface area contributed by atoms with Gasteiger partial charge in [0, 0.05) is 22.4 Å². The van der Waals surface area contributed by atoms with E-state index >= 15 is 0 Å². The molecule has 76 heavy (non-hydrogen) atoms. The molecule has 0 saturated carbocycles. The molecule has 12 rings (SSSR count). The second-order valence-corrected chi connectivity index (χ2v) is 25.3. The summed E-state index contributed by atoms with van der Waals surface area (Å²) in [5.74, 6) is 0. The van der Waals surface area contributed by atoms with E-state index in [1.807, 2.05) is 0 Å². The lowest BCUT2D eigenvalue weighted by Gasteiger charge is -2.38. The molecule has 0 amide bonds. The highest BCUT2D eigenvalue weighted by atomic mass is 15.1. The highest BCUT2D eigenvalue weighted by Gasteiger charge is 2.50. The first-order valence-electron chi connectivity index (χ1n) is 27.5. The fourth-order valence-electron chi connectivity index (χ4n) is 13.0. The molecule has 0 heterocycles. The summed E-state index contributed by atoms with van der Waals surface area (Å²) in [5.41, 5.74) is 24.7. The predicted octanol–water partition coefficient (Wildman–Crippen LogP) is 20.4. The molecule has 0 spiro atoms. The van der Waals surface area contributed by atoms with E-state index in [1.165, 1.54) is 105 Å². The summed E-state index contributed by atoms with van der Waals surface area (Å²) >= 11 is 0. The Bertz CT molecular complexity index is 3790. The summed E-state index contributed by atoms with van der Waals surface area (Å²) in [5, 5.41) is 2.58. The summed E-state index contributed by atoms with van der Waals surface area (Å²) in [6.07, 6.45) is 5.80. The van der Waals surface area contributed by atoms with Crippen molar-refractivity contribution in [2.75, 3.05) is 4.90 Å². The van der Waals surface area contributed by atoms with Crippen molar-refractivity contribution in [3.05, 3.63) is 280 Å². The first-order chi connectivity index (χ1) is 36.3. The van der Waals surface area contributed by atoms with Gasteiger partial charge in [0.25, 0.3) is 0 Å². The Kier molecular flexibility index (Phi) is 11.6. The minimum Gasteiger partial charge on any atom is -0.310 e. The fraction of sp³-hybridized carbons (Fsp3) is 0.227. The Labute approximate surface area is 453 Å². The number of hydrogen-bond donors (Lipinski definition) is 0. The van der Waals surface area contributed by atoms with Gasteiger partial charge in [0.05, 0.1) is 11.1 Å². The standard InChI is InChI=1S/C75H71N/c1-71(2,3)53-35-39-58-50(43-53)44-55(73(7,8)9)45-64(58)62-40-36-54(72(4,5)6)46-68-70(62)63-42-38-57(48-67(63)75(68,51-27-17-13-18-28-51)52-29-19-14-20-30-52)76(69-34-24-22-31-59(69)49-25-15-12-16-26-49)56-37-41-61-60-32-21-23-33-65(60)74(10,11)66(61)47-56/h12-45,47-48H,46H2,1-11H3. The Morgan fingerprint density at radius 2 is 0.947 bits per heavy atom. The molecule has 0 saturated heterocycles. The molecule has 1 heteroatoms. The van der Waals surface area contributed by atoms with E-state index in [9.17, 15) is 0 Å². The van der Waals surface area contributed by atoms with Gasteiger partial charge in [0.15, 0.2) is 0 Å². The van der Waals surface area contributed by atoms with Crippen LogP contribution in [-0.4, -0.2) is 0 Å². The number of hydrogen-bond acceptors (Lipinski definition) is 1. The molecule has 3 aliphatic rings. The van der Waals surface area contributed by atoms with Crippen LogP contribution in [0.2, 0.25) is 0 Å². The van der Waals surface area contributed by atoms with Crippen molar-refractivity contribution in [2.24, 2.45) is 5.41 Å². The molecule has 0 unspecified atom stereocenters. The molecular weight excluding hydrogens is 915 g/mol. The minimum absolute atomic E-state index is 0.0112. The minimum atomic E-state index is -0.653. The quantitative estimate of drug-likeness (QED) is 0.154. The molecular formula is C75H71N. The van der Waals surface area contributed by atoms with Gasteiger partial charge >= 0.3 is 0 Å². The van der Waals surface area contributed by atoms with Gasteiger partial charge in [0.2, 0.25) is 0 Å². The molecule has 0 fully saturated rings. The van der Waals surface area contributed by atoms with Crippen LogP contribution >= 0.6 is 0 Å². The smallest absolute Gasteiger partial charge is 0.0680 e. The van der Waals surface area contributed by atoms with Gasteiger partial charge in [-0.25, -0.2) is 0 Å². The van der Waals surface area contributed by atoms with E-state index in [0.29, 0.717) is 0 Å². The van der Waals surface area contributed by atoms with Crippen molar-refractivity contribution in [1.82, 2.24) is 0 Å². The van der Waals surface area contributed by atoms with Crippen LogP contribution in [0.4, 0.5) is 17.1 Å². The third kappa shape index (κ3) is 7.96. The molecule has 0 bridgehead atoms. The Morgan fingerprint density at radius 3 is 1.58 bits per heavy atom. The van der Waals surface area contributed by atoms with Crippen LogP contribution in [0.1, 0.15) is 133 Å². The van der Waals surface area contributed by atoms with E-state index < -0.39 is 5.41 Å². The highest BCUT2D eigenvalue weighted by molar-refractivity contribution is 6.16. The lowest BCUT2D eigenvalue weighted by Crippen LogP contribution is -2.31. The molecule has 9 aromatic carbocycles. The van der Waals surface area contributed by atoms with Gasteiger partial charge in [-0.15, -0.1) is 0 Å². The van der Waals surface area contributed by atoms with Crippen LogP contribution in [0.15, 0.2) is 230 Å². The number of rotatable bonds is 7. The molecule has 0 radical (unpaired) electrons. The first-order valence-corrected chi connectivity index (χ1v) is 27.5. The zero-order chi connectivity index (χ0) is 52.9. The summed E-state index contributed by atoms with van der Waals surface area (Å²) in [4.78, 5) is 2.55. The van der Waals surface area contributed by atoms with Crippen LogP contribution in [0.5, 0.6) is 0 Å². The molecule has 3 aliphatic carbocycles. The highest BCUT2D eigenvalue weighted by Crippen LogP contribution is 2.62. The van der Waals surface area contributed by atoms with Gasteiger partial charge in [-0.1, -0.05) is 264 Å². The molecule has 9 aromatic rings. The monoisotopic (exact) mass is 986 g/mol. The summed E-state index contributed by atoms with van der Waals surface area (Å²) in [6, 6.07) is 78.7. The van der Waals surface area contributed by atoms with Crippen molar-refractivity contribution in [1.29, 1.82) is 0 Å². The fourth-order valence-corrected chi connectivity index (χ4v) is 13.0. The van der Waals surface area contributed by atoms with Gasteiger partial charge in [-0.05, 0) is 153 Å². The number of allylic oxidation sites excluding steroid dienone is 6.